The first-order valence-electron chi connectivity index (χ1n) is 6.14. The summed E-state index contributed by atoms with van der Waals surface area (Å²) in [6, 6.07) is 5.41. The van der Waals surface area contributed by atoms with Crippen molar-refractivity contribution < 1.29 is 9.90 Å². The number of fused-ring (bicyclic) bond motifs is 1. The Labute approximate surface area is 104 Å². The molecule has 2 N–H and O–H groups in total. The molecule has 0 bridgehead atoms. The van der Waals surface area contributed by atoms with Crippen molar-refractivity contribution in [1.29, 1.82) is 0 Å². The van der Waals surface area contributed by atoms with Crippen molar-refractivity contribution in [2.75, 3.05) is 13.2 Å². The van der Waals surface area contributed by atoms with Crippen LogP contribution in [0.25, 0.3) is 11.0 Å². The molecule has 1 fully saturated rings. The molecule has 5 nitrogen and oxygen atoms in total. The average Bonchev–Trinajstić information content (AvgIpc) is 3.05. The van der Waals surface area contributed by atoms with Gasteiger partial charge in [-0.05, 0) is 31.0 Å². The van der Waals surface area contributed by atoms with E-state index in [1.54, 1.807) is 17.3 Å². The number of hydrogen-bond donors (Lipinski definition) is 2. The molecule has 94 valence electrons. The highest BCUT2D eigenvalue weighted by Gasteiger charge is 2.28. The van der Waals surface area contributed by atoms with Crippen LogP contribution in [-0.2, 0) is 0 Å². The maximum atomic E-state index is 12.4. The smallest absolute Gasteiger partial charge is 0.254 e. The summed E-state index contributed by atoms with van der Waals surface area (Å²) in [4.78, 5) is 21.3. The van der Waals surface area contributed by atoms with E-state index in [4.69, 9.17) is 0 Å². The molecule has 2 heterocycles. The third-order valence-corrected chi connectivity index (χ3v) is 3.52. The van der Waals surface area contributed by atoms with Crippen molar-refractivity contribution in [3.63, 3.8) is 0 Å². The van der Waals surface area contributed by atoms with E-state index in [0.29, 0.717) is 5.56 Å². The van der Waals surface area contributed by atoms with Crippen LogP contribution in [0.5, 0.6) is 0 Å². The number of carbonyl (C=O) groups is 1. The van der Waals surface area contributed by atoms with Crippen molar-refractivity contribution >= 4 is 16.9 Å². The minimum atomic E-state index is -0.0324. The predicted molar refractivity (Wildman–Crippen MR) is 67.2 cm³/mol. The van der Waals surface area contributed by atoms with Crippen LogP contribution in [0.15, 0.2) is 24.5 Å². The lowest BCUT2D eigenvalue weighted by Gasteiger charge is -2.23. The third kappa shape index (κ3) is 1.76. The maximum absolute atomic E-state index is 12.4. The second-order valence-electron chi connectivity index (χ2n) is 4.61. The fourth-order valence-corrected chi connectivity index (χ4v) is 2.53. The van der Waals surface area contributed by atoms with Gasteiger partial charge in [-0.2, -0.15) is 0 Å². The van der Waals surface area contributed by atoms with Crippen molar-refractivity contribution in [3.8, 4) is 0 Å². The standard InChI is InChI=1S/C13H15N3O2/c17-7-10-2-1-5-16(10)13(18)9-3-4-11-12(6-9)15-8-14-11/h3-4,6,8,10,17H,1-2,5,7H2,(H,14,15). The van der Waals surface area contributed by atoms with Crippen LogP contribution in [0.1, 0.15) is 23.2 Å². The molecule has 0 aliphatic carbocycles. The monoisotopic (exact) mass is 245 g/mol. The van der Waals surface area contributed by atoms with Gasteiger partial charge in [0, 0.05) is 12.1 Å². The summed E-state index contributed by atoms with van der Waals surface area (Å²) in [5, 5.41) is 9.26. The van der Waals surface area contributed by atoms with Crippen molar-refractivity contribution in [1.82, 2.24) is 14.9 Å². The number of imidazole rings is 1. The van der Waals surface area contributed by atoms with E-state index in [9.17, 15) is 9.90 Å². The van der Waals surface area contributed by atoms with Crippen LogP contribution in [0.4, 0.5) is 0 Å². The molecule has 1 aliphatic heterocycles. The molecule has 1 aliphatic rings. The molecule has 0 saturated carbocycles. The van der Waals surface area contributed by atoms with Gasteiger partial charge in [-0.3, -0.25) is 4.79 Å². The number of benzene rings is 1. The Bertz CT molecular complexity index is 578. The van der Waals surface area contributed by atoms with Gasteiger partial charge in [0.25, 0.3) is 5.91 Å². The van der Waals surface area contributed by atoms with Gasteiger partial charge in [-0.15, -0.1) is 0 Å². The first-order valence-corrected chi connectivity index (χ1v) is 6.14. The lowest BCUT2D eigenvalue weighted by atomic mass is 10.1. The number of nitrogens with one attached hydrogen (secondary N) is 1. The number of amides is 1. The summed E-state index contributed by atoms with van der Waals surface area (Å²) in [7, 11) is 0. The van der Waals surface area contributed by atoms with Gasteiger partial charge in [0.1, 0.15) is 0 Å². The van der Waals surface area contributed by atoms with E-state index in [1.165, 1.54) is 0 Å². The summed E-state index contributed by atoms with van der Waals surface area (Å²) in [5.41, 5.74) is 2.36. The molecule has 1 aromatic carbocycles. The molecule has 2 aromatic rings. The Morgan fingerprint density at radius 3 is 3.28 bits per heavy atom. The van der Waals surface area contributed by atoms with Gasteiger partial charge >= 0.3 is 0 Å². The van der Waals surface area contributed by atoms with Gasteiger partial charge in [0.05, 0.1) is 30.0 Å². The number of carbonyl (C=O) groups excluding carboxylic acids is 1. The minimum absolute atomic E-state index is 0.0111. The average molecular weight is 245 g/mol. The second kappa shape index (κ2) is 4.42. The predicted octanol–water partition coefficient (Wildman–Crippen LogP) is 1.16. The first kappa shape index (κ1) is 11.2. The third-order valence-electron chi connectivity index (χ3n) is 3.52. The zero-order valence-electron chi connectivity index (χ0n) is 9.97. The molecule has 1 aromatic heterocycles. The van der Waals surface area contributed by atoms with E-state index in [1.807, 2.05) is 12.1 Å². The van der Waals surface area contributed by atoms with Gasteiger partial charge in [-0.1, -0.05) is 0 Å². The molecule has 18 heavy (non-hydrogen) atoms. The Morgan fingerprint density at radius 1 is 1.56 bits per heavy atom. The number of nitrogens with zero attached hydrogens (tertiary/aromatic N) is 2. The summed E-state index contributed by atoms with van der Waals surface area (Å²) < 4.78 is 0. The van der Waals surface area contributed by atoms with Gasteiger partial charge in [0.2, 0.25) is 0 Å². The topological polar surface area (TPSA) is 69.2 Å². The summed E-state index contributed by atoms with van der Waals surface area (Å²) in [5.74, 6) is -0.0111. The number of aliphatic hydroxyl groups excluding tert-OH is 1. The van der Waals surface area contributed by atoms with Crippen LogP contribution in [0.3, 0.4) is 0 Å². The van der Waals surface area contributed by atoms with E-state index in [-0.39, 0.29) is 18.6 Å². The van der Waals surface area contributed by atoms with E-state index in [0.717, 1.165) is 30.4 Å². The van der Waals surface area contributed by atoms with E-state index < -0.39 is 0 Å². The number of rotatable bonds is 2. The van der Waals surface area contributed by atoms with Crippen LogP contribution in [-0.4, -0.2) is 45.1 Å². The van der Waals surface area contributed by atoms with Crippen molar-refractivity contribution in [3.05, 3.63) is 30.1 Å². The Hall–Kier alpha value is -1.88. The lowest BCUT2D eigenvalue weighted by molar-refractivity contribution is 0.0678. The van der Waals surface area contributed by atoms with Crippen molar-refractivity contribution in [2.45, 2.75) is 18.9 Å². The Kier molecular flexibility index (Phi) is 2.76. The molecule has 3 rings (SSSR count). The number of likely N-dealkylation sites (tertiary alicyclic amines) is 1. The first-order chi connectivity index (χ1) is 8.79. The maximum Gasteiger partial charge on any atom is 0.254 e. The van der Waals surface area contributed by atoms with Crippen LogP contribution in [0.2, 0.25) is 0 Å². The zero-order valence-corrected chi connectivity index (χ0v) is 9.97. The van der Waals surface area contributed by atoms with Crippen LogP contribution in [0, 0.1) is 0 Å². The summed E-state index contributed by atoms with van der Waals surface area (Å²) in [6.07, 6.45) is 3.46. The number of aromatic nitrogens is 2. The fraction of sp³-hybridized carbons (Fsp3) is 0.385. The number of aliphatic hydroxyl groups is 1. The SMILES string of the molecule is O=C(c1ccc2nc[nH]c2c1)N1CCCC1CO. The largest absolute Gasteiger partial charge is 0.394 e. The minimum Gasteiger partial charge on any atom is -0.394 e. The molecule has 1 atom stereocenters. The fourth-order valence-electron chi connectivity index (χ4n) is 2.53. The molecule has 1 unspecified atom stereocenters. The zero-order chi connectivity index (χ0) is 12.5. The molecular weight excluding hydrogens is 230 g/mol. The molecule has 1 amide bonds. The van der Waals surface area contributed by atoms with Crippen LogP contribution < -0.4 is 0 Å². The second-order valence-corrected chi connectivity index (χ2v) is 4.61. The van der Waals surface area contributed by atoms with E-state index >= 15 is 0 Å². The quantitative estimate of drug-likeness (QED) is 0.834. The lowest BCUT2D eigenvalue weighted by Crippen LogP contribution is -2.37. The Balaban J connectivity index is 1.91. The normalized spacial score (nSPS) is 19.6. The molecule has 0 radical (unpaired) electrons. The molecule has 1 saturated heterocycles. The highest BCUT2D eigenvalue weighted by atomic mass is 16.3. The van der Waals surface area contributed by atoms with Crippen molar-refractivity contribution in [2.24, 2.45) is 0 Å². The molecule has 0 spiro atoms. The number of aromatic amines is 1. The van der Waals surface area contributed by atoms with Gasteiger partial charge in [0.15, 0.2) is 0 Å². The van der Waals surface area contributed by atoms with Gasteiger partial charge in [-0.25, -0.2) is 4.98 Å². The number of hydrogen-bond acceptors (Lipinski definition) is 3. The summed E-state index contributed by atoms with van der Waals surface area (Å²) >= 11 is 0. The molecule has 5 heteroatoms. The van der Waals surface area contributed by atoms with Gasteiger partial charge < -0.3 is 15.0 Å². The summed E-state index contributed by atoms with van der Waals surface area (Å²) in [6.45, 7) is 0.767. The highest BCUT2D eigenvalue weighted by Crippen LogP contribution is 2.21. The Morgan fingerprint density at radius 2 is 2.44 bits per heavy atom. The molecular formula is C13H15N3O2. The van der Waals surface area contributed by atoms with Crippen LogP contribution >= 0.6 is 0 Å². The van der Waals surface area contributed by atoms with E-state index in [2.05, 4.69) is 9.97 Å². The number of H-pyrrole nitrogens is 1. The highest BCUT2D eigenvalue weighted by molar-refractivity contribution is 5.97.